The Bertz CT molecular complexity index is 1060. The van der Waals surface area contributed by atoms with Crippen LogP contribution >= 0.6 is 0 Å². The average molecular weight is 346 g/mol. The maximum absolute atomic E-state index is 6.31. The van der Waals surface area contributed by atoms with Crippen LogP contribution in [0.15, 0.2) is 59.1 Å². The Labute approximate surface area is 149 Å². The Morgan fingerprint density at radius 3 is 2.44 bits per heavy atom. The molecule has 2 nitrogen and oxygen atoms in total. The minimum absolute atomic E-state index is 0.953. The van der Waals surface area contributed by atoms with Crippen molar-refractivity contribution < 1.29 is 4.42 Å². The number of hydrogen-bond acceptors (Lipinski definition) is 2. The summed E-state index contributed by atoms with van der Waals surface area (Å²) in [5.74, 6) is 0. The summed E-state index contributed by atoms with van der Waals surface area (Å²) >= 11 is 0. The zero-order chi connectivity index (χ0) is 17.6. The van der Waals surface area contributed by atoms with E-state index in [0.717, 1.165) is 28.8 Å². The minimum Gasteiger partial charge on any atom is -0.455 e. The molecule has 3 heteroatoms. The van der Waals surface area contributed by atoms with Gasteiger partial charge in [-0.3, -0.25) is 4.98 Å². The normalized spacial score (nSPS) is 12.2. The lowest BCUT2D eigenvalue weighted by Gasteiger charge is -2.18. The quantitative estimate of drug-likeness (QED) is 0.441. The van der Waals surface area contributed by atoms with Crippen molar-refractivity contribution in [2.75, 3.05) is 0 Å². The van der Waals surface area contributed by atoms with Gasteiger partial charge in [-0.1, -0.05) is 56.9 Å². The Hall–Kier alpha value is -2.39. The lowest BCUT2D eigenvalue weighted by molar-refractivity contribution is 0.670. The number of benzene rings is 2. The Balaban J connectivity index is 2.06. The first-order valence-corrected chi connectivity index (χ1v) is 12.4. The number of aromatic nitrogens is 1. The van der Waals surface area contributed by atoms with Crippen molar-refractivity contribution in [2.24, 2.45) is 0 Å². The third kappa shape index (κ3) is 2.69. The van der Waals surface area contributed by atoms with Crippen molar-refractivity contribution in [1.82, 2.24) is 4.98 Å². The first-order valence-electron chi connectivity index (χ1n) is 8.89. The number of hydrogen-bond donors (Lipinski definition) is 0. The number of rotatable bonds is 3. The highest BCUT2D eigenvalue weighted by Crippen LogP contribution is 2.35. The second-order valence-electron chi connectivity index (χ2n) is 7.62. The van der Waals surface area contributed by atoms with Crippen LogP contribution in [0.4, 0.5) is 0 Å². The van der Waals surface area contributed by atoms with Gasteiger partial charge in [0.2, 0.25) is 0 Å². The van der Waals surface area contributed by atoms with Gasteiger partial charge in [-0.25, -0.2) is 0 Å². The third-order valence-electron chi connectivity index (χ3n) is 4.84. The van der Waals surface area contributed by atoms with Crippen molar-refractivity contribution >= 4 is 35.2 Å². The molecule has 0 bridgehead atoms. The second kappa shape index (κ2) is 5.85. The average Bonchev–Trinajstić information content (AvgIpc) is 2.99. The zero-order valence-electron chi connectivity index (χ0n) is 15.3. The smallest absolute Gasteiger partial charge is 0.144 e. The van der Waals surface area contributed by atoms with Crippen LogP contribution in [0, 0.1) is 0 Å². The molecule has 0 saturated carbocycles. The van der Waals surface area contributed by atoms with E-state index in [1.54, 1.807) is 0 Å². The fourth-order valence-corrected chi connectivity index (χ4v) is 5.03. The molecular formula is C22H23NOSi. The SMILES string of the molecule is CCc1ccc(-c2ccc([Si](C)(C)C)c3c2oc2ccccc23)nc1. The Morgan fingerprint density at radius 1 is 0.960 bits per heavy atom. The van der Waals surface area contributed by atoms with E-state index in [2.05, 4.69) is 74.0 Å². The van der Waals surface area contributed by atoms with E-state index in [0.29, 0.717) is 0 Å². The van der Waals surface area contributed by atoms with Gasteiger partial charge in [-0.05, 0) is 35.4 Å². The number of para-hydroxylation sites is 1. The van der Waals surface area contributed by atoms with Crippen LogP contribution in [0.3, 0.4) is 0 Å². The third-order valence-corrected chi connectivity index (χ3v) is 6.88. The van der Waals surface area contributed by atoms with Crippen molar-refractivity contribution in [2.45, 2.75) is 33.0 Å². The van der Waals surface area contributed by atoms with E-state index in [1.165, 1.54) is 21.5 Å². The van der Waals surface area contributed by atoms with Crippen LogP contribution in [-0.2, 0) is 6.42 Å². The fraction of sp³-hybridized carbons (Fsp3) is 0.227. The summed E-state index contributed by atoms with van der Waals surface area (Å²) in [7, 11) is -1.50. The maximum Gasteiger partial charge on any atom is 0.144 e. The molecule has 0 unspecified atom stereocenters. The maximum atomic E-state index is 6.31. The number of pyridine rings is 1. The largest absolute Gasteiger partial charge is 0.455 e. The summed E-state index contributed by atoms with van der Waals surface area (Å²) in [5, 5.41) is 3.93. The molecule has 0 aliphatic rings. The summed E-state index contributed by atoms with van der Waals surface area (Å²) in [6.07, 6.45) is 2.97. The van der Waals surface area contributed by atoms with Gasteiger partial charge in [0.05, 0.1) is 13.8 Å². The number of nitrogens with zero attached hydrogens (tertiary/aromatic N) is 1. The van der Waals surface area contributed by atoms with Crippen LogP contribution in [0.1, 0.15) is 12.5 Å². The summed E-state index contributed by atoms with van der Waals surface area (Å²) in [5.41, 5.74) is 5.23. The lowest BCUT2D eigenvalue weighted by Crippen LogP contribution is -2.37. The standard InChI is InChI=1S/C22H23NOSi/c1-5-15-10-12-18(23-14-15)16-11-13-20(25(2,3)4)21-17-8-6-7-9-19(17)24-22(16)21/h6-14H,5H2,1-4H3. The summed E-state index contributed by atoms with van der Waals surface area (Å²) in [6, 6.07) is 17.1. The van der Waals surface area contributed by atoms with Gasteiger partial charge < -0.3 is 4.42 Å². The molecule has 2 aromatic carbocycles. The van der Waals surface area contributed by atoms with E-state index in [4.69, 9.17) is 4.42 Å². The number of aryl methyl sites for hydroxylation is 1. The molecule has 0 aliphatic carbocycles. The van der Waals surface area contributed by atoms with E-state index in [1.807, 2.05) is 12.3 Å². The summed E-state index contributed by atoms with van der Waals surface area (Å²) < 4.78 is 6.31. The summed E-state index contributed by atoms with van der Waals surface area (Å²) in [6.45, 7) is 9.31. The molecule has 0 amide bonds. The zero-order valence-corrected chi connectivity index (χ0v) is 16.3. The van der Waals surface area contributed by atoms with Crippen molar-refractivity contribution in [1.29, 1.82) is 0 Å². The van der Waals surface area contributed by atoms with E-state index < -0.39 is 8.07 Å². The molecule has 4 aromatic rings. The molecule has 2 aromatic heterocycles. The number of fused-ring (bicyclic) bond motifs is 3. The fourth-order valence-electron chi connectivity index (χ4n) is 3.45. The molecule has 25 heavy (non-hydrogen) atoms. The van der Waals surface area contributed by atoms with Crippen LogP contribution in [0.2, 0.25) is 19.6 Å². The molecule has 4 rings (SSSR count). The van der Waals surface area contributed by atoms with E-state index in [-0.39, 0.29) is 0 Å². The van der Waals surface area contributed by atoms with Gasteiger partial charge >= 0.3 is 0 Å². The van der Waals surface area contributed by atoms with Gasteiger partial charge in [0.15, 0.2) is 0 Å². The predicted molar refractivity (Wildman–Crippen MR) is 109 cm³/mol. The molecule has 2 heterocycles. The molecule has 0 spiro atoms. The Kier molecular flexibility index (Phi) is 3.77. The monoisotopic (exact) mass is 345 g/mol. The van der Waals surface area contributed by atoms with Gasteiger partial charge in [0, 0.05) is 22.5 Å². The highest BCUT2D eigenvalue weighted by molar-refractivity contribution is 6.90. The summed E-state index contributed by atoms with van der Waals surface area (Å²) in [4.78, 5) is 4.68. The van der Waals surface area contributed by atoms with Crippen molar-refractivity contribution in [3.63, 3.8) is 0 Å². The minimum atomic E-state index is -1.50. The molecule has 0 aliphatic heterocycles. The van der Waals surface area contributed by atoms with E-state index >= 15 is 0 Å². The van der Waals surface area contributed by atoms with Gasteiger partial charge in [0.1, 0.15) is 11.2 Å². The van der Waals surface area contributed by atoms with Crippen molar-refractivity contribution in [3.05, 3.63) is 60.3 Å². The van der Waals surface area contributed by atoms with Crippen LogP contribution in [-0.4, -0.2) is 13.1 Å². The topological polar surface area (TPSA) is 26.0 Å². The molecule has 0 N–H and O–H groups in total. The molecular weight excluding hydrogens is 322 g/mol. The highest BCUT2D eigenvalue weighted by Gasteiger charge is 2.24. The molecule has 126 valence electrons. The lowest BCUT2D eigenvalue weighted by atomic mass is 10.1. The Morgan fingerprint density at radius 2 is 1.76 bits per heavy atom. The van der Waals surface area contributed by atoms with Crippen LogP contribution in [0.5, 0.6) is 0 Å². The molecule has 0 atom stereocenters. The molecule has 0 radical (unpaired) electrons. The van der Waals surface area contributed by atoms with Gasteiger partial charge in [0.25, 0.3) is 0 Å². The van der Waals surface area contributed by atoms with Crippen LogP contribution in [0.25, 0.3) is 33.2 Å². The first-order chi connectivity index (χ1) is 12.0. The van der Waals surface area contributed by atoms with E-state index in [9.17, 15) is 0 Å². The molecule has 0 fully saturated rings. The highest BCUT2D eigenvalue weighted by atomic mass is 28.3. The second-order valence-corrected chi connectivity index (χ2v) is 12.7. The van der Waals surface area contributed by atoms with Gasteiger partial charge in [-0.15, -0.1) is 0 Å². The predicted octanol–water partition coefficient (Wildman–Crippen LogP) is 5.76. The van der Waals surface area contributed by atoms with Gasteiger partial charge in [-0.2, -0.15) is 0 Å². The number of furan rings is 1. The van der Waals surface area contributed by atoms with Crippen molar-refractivity contribution in [3.8, 4) is 11.3 Å². The first kappa shape index (κ1) is 16.1. The van der Waals surface area contributed by atoms with Crippen LogP contribution < -0.4 is 5.19 Å². The molecule has 0 saturated heterocycles.